The van der Waals surface area contributed by atoms with Gasteiger partial charge in [0.2, 0.25) is 0 Å². The zero-order valence-corrected chi connectivity index (χ0v) is 22.7. The molecule has 4 N–H and O–H groups in total. The van der Waals surface area contributed by atoms with Gasteiger partial charge in [0.05, 0.1) is 11.2 Å². The Morgan fingerprint density at radius 1 is 0.946 bits per heavy atom. The number of aromatic nitrogens is 1. The Labute approximate surface area is 223 Å². The van der Waals surface area contributed by atoms with Gasteiger partial charge < -0.3 is 16.0 Å². The molecule has 1 aliphatic heterocycles. The van der Waals surface area contributed by atoms with E-state index in [-0.39, 0.29) is 5.41 Å². The molecule has 0 bridgehead atoms. The van der Waals surface area contributed by atoms with E-state index in [1.54, 1.807) is 0 Å². The normalized spacial score (nSPS) is 16.5. The highest BCUT2D eigenvalue weighted by molar-refractivity contribution is 7.99. The van der Waals surface area contributed by atoms with Gasteiger partial charge >= 0.3 is 0 Å². The number of H-pyrrole nitrogens is 1. The summed E-state index contributed by atoms with van der Waals surface area (Å²) >= 11 is 1.87. The van der Waals surface area contributed by atoms with Crippen LogP contribution in [0.25, 0.3) is 21.8 Å². The molecule has 0 saturated heterocycles. The third-order valence-electron chi connectivity index (χ3n) is 7.30. The van der Waals surface area contributed by atoms with Gasteiger partial charge in [-0.3, -0.25) is 0 Å². The van der Waals surface area contributed by atoms with E-state index in [0.29, 0.717) is 0 Å². The van der Waals surface area contributed by atoms with Crippen molar-refractivity contribution in [2.75, 3.05) is 12.4 Å². The van der Waals surface area contributed by atoms with Crippen LogP contribution >= 0.6 is 11.8 Å². The summed E-state index contributed by atoms with van der Waals surface area (Å²) in [4.78, 5) is 6.37. The molecular formula is C33H33N3S. The Bertz CT molecular complexity index is 1650. The SMILES string of the molecule is C=C/C=C(\C)Nc1c(C)ccc2c1Sc1ccc3c([nH]c4ccccc43)c1C2(C)c1ccccc1.CN. The van der Waals surface area contributed by atoms with E-state index >= 15 is 0 Å². The van der Waals surface area contributed by atoms with E-state index in [9.17, 15) is 0 Å². The standard InChI is InChI=1S/C32H28N2S.CH5N/c1-5-11-21(3)33-29-20(2)16-18-25-31(29)35-27-19-17-24-23-14-9-10-15-26(23)34-30(24)28(27)32(25,4)22-12-7-6-8-13-22;1-2/h5-19,33-34H,1H2,2-4H3;2H2,1H3/b21-11+;. The molecule has 0 amide bonds. The highest BCUT2D eigenvalue weighted by Crippen LogP contribution is 2.57. The Kier molecular flexibility index (Phi) is 6.72. The lowest BCUT2D eigenvalue weighted by Crippen LogP contribution is -2.30. The number of aryl methyl sites for hydroxylation is 1. The van der Waals surface area contributed by atoms with Crippen molar-refractivity contribution in [3.05, 3.63) is 126 Å². The number of fused-ring (bicyclic) bond motifs is 6. The average Bonchev–Trinajstić information content (AvgIpc) is 3.31. The van der Waals surface area contributed by atoms with Gasteiger partial charge in [0.1, 0.15) is 0 Å². The van der Waals surface area contributed by atoms with E-state index in [1.165, 1.54) is 66.6 Å². The first-order chi connectivity index (χ1) is 18.0. The van der Waals surface area contributed by atoms with Crippen LogP contribution in [0.5, 0.6) is 0 Å². The summed E-state index contributed by atoms with van der Waals surface area (Å²) in [6.45, 7) is 10.5. The summed E-state index contributed by atoms with van der Waals surface area (Å²) in [5, 5.41) is 6.23. The van der Waals surface area contributed by atoms with Crippen LogP contribution in [0.2, 0.25) is 0 Å². The molecule has 4 aromatic carbocycles. The number of hydrogen-bond donors (Lipinski definition) is 3. The molecule has 1 aliphatic rings. The van der Waals surface area contributed by atoms with Crippen LogP contribution in [0.1, 0.15) is 36.1 Å². The number of para-hydroxylation sites is 1. The number of anilines is 1. The smallest absolute Gasteiger partial charge is 0.0556 e. The van der Waals surface area contributed by atoms with Crippen LogP contribution < -0.4 is 11.1 Å². The lowest BCUT2D eigenvalue weighted by atomic mass is 9.70. The van der Waals surface area contributed by atoms with Crippen molar-refractivity contribution in [1.29, 1.82) is 0 Å². The van der Waals surface area contributed by atoms with Crippen LogP contribution in [0.4, 0.5) is 5.69 Å². The number of allylic oxidation sites excluding steroid dienone is 3. The fourth-order valence-electron chi connectivity index (χ4n) is 5.55. The molecule has 4 heteroatoms. The van der Waals surface area contributed by atoms with Crippen LogP contribution in [-0.4, -0.2) is 12.0 Å². The van der Waals surface area contributed by atoms with E-state index in [1.807, 2.05) is 23.9 Å². The molecule has 5 aromatic rings. The van der Waals surface area contributed by atoms with Crippen LogP contribution in [0.15, 0.2) is 113 Å². The summed E-state index contributed by atoms with van der Waals surface area (Å²) in [5.74, 6) is 0. The first-order valence-electron chi connectivity index (χ1n) is 12.6. The zero-order valence-electron chi connectivity index (χ0n) is 21.9. The van der Waals surface area contributed by atoms with E-state index in [0.717, 1.165) is 5.70 Å². The minimum atomic E-state index is -0.322. The number of rotatable bonds is 4. The van der Waals surface area contributed by atoms with Gasteiger partial charge in [-0.25, -0.2) is 0 Å². The second-order valence-corrected chi connectivity index (χ2v) is 10.5. The lowest BCUT2D eigenvalue weighted by molar-refractivity contribution is 0.661. The Morgan fingerprint density at radius 3 is 2.43 bits per heavy atom. The van der Waals surface area contributed by atoms with Crippen molar-refractivity contribution in [2.24, 2.45) is 5.73 Å². The highest BCUT2D eigenvalue weighted by atomic mass is 32.2. The molecule has 3 nitrogen and oxygen atoms in total. The first kappa shape index (κ1) is 24.9. The maximum atomic E-state index is 4.50. The van der Waals surface area contributed by atoms with Crippen molar-refractivity contribution in [2.45, 2.75) is 36.0 Å². The number of hydrogen-bond acceptors (Lipinski definition) is 3. The summed E-state index contributed by atoms with van der Waals surface area (Å²) < 4.78 is 0. The predicted molar refractivity (Wildman–Crippen MR) is 161 cm³/mol. The molecule has 186 valence electrons. The Hall–Kier alpha value is -3.73. The Balaban J connectivity index is 0.00000137. The van der Waals surface area contributed by atoms with Crippen molar-refractivity contribution in [3.63, 3.8) is 0 Å². The van der Waals surface area contributed by atoms with Crippen molar-refractivity contribution >= 4 is 39.3 Å². The average molecular weight is 504 g/mol. The van der Waals surface area contributed by atoms with Gasteiger partial charge in [-0.05, 0) is 62.7 Å². The van der Waals surface area contributed by atoms with Gasteiger partial charge in [0.15, 0.2) is 0 Å². The number of benzene rings is 4. The molecule has 2 heterocycles. The molecule has 0 fully saturated rings. The molecule has 37 heavy (non-hydrogen) atoms. The van der Waals surface area contributed by atoms with Crippen LogP contribution in [0.3, 0.4) is 0 Å². The van der Waals surface area contributed by atoms with E-state index in [2.05, 4.69) is 122 Å². The minimum Gasteiger partial charge on any atom is -0.358 e. The molecule has 1 unspecified atom stereocenters. The molecule has 1 atom stereocenters. The third kappa shape index (κ3) is 3.97. The monoisotopic (exact) mass is 503 g/mol. The predicted octanol–water partition coefficient (Wildman–Crippen LogP) is 8.53. The number of aromatic amines is 1. The lowest BCUT2D eigenvalue weighted by Gasteiger charge is -2.39. The Morgan fingerprint density at radius 2 is 1.68 bits per heavy atom. The molecule has 6 rings (SSSR count). The fraction of sp³-hybridized carbons (Fsp3) is 0.152. The van der Waals surface area contributed by atoms with E-state index < -0.39 is 0 Å². The van der Waals surface area contributed by atoms with Gasteiger partial charge in [0, 0.05) is 42.8 Å². The second kappa shape index (κ2) is 9.97. The minimum absolute atomic E-state index is 0.322. The second-order valence-electron chi connectivity index (χ2n) is 9.47. The zero-order chi connectivity index (χ0) is 26.2. The van der Waals surface area contributed by atoms with Crippen LogP contribution in [-0.2, 0) is 5.41 Å². The number of nitrogens with one attached hydrogen (secondary N) is 2. The topological polar surface area (TPSA) is 53.8 Å². The first-order valence-corrected chi connectivity index (χ1v) is 13.4. The molecule has 1 aromatic heterocycles. The molecular weight excluding hydrogens is 470 g/mol. The van der Waals surface area contributed by atoms with Gasteiger partial charge in [-0.15, -0.1) is 0 Å². The quantitative estimate of drug-likeness (QED) is 0.215. The summed E-state index contributed by atoms with van der Waals surface area (Å²) in [7, 11) is 1.50. The number of nitrogens with two attached hydrogens (primary N) is 1. The van der Waals surface area contributed by atoms with Crippen molar-refractivity contribution in [1.82, 2.24) is 4.98 Å². The van der Waals surface area contributed by atoms with Crippen molar-refractivity contribution < 1.29 is 0 Å². The van der Waals surface area contributed by atoms with Gasteiger partial charge in [0.25, 0.3) is 0 Å². The maximum absolute atomic E-state index is 4.50. The summed E-state index contributed by atoms with van der Waals surface area (Å²) in [6, 6.07) is 28.7. The highest BCUT2D eigenvalue weighted by Gasteiger charge is 2.41. The summed E-state index contributed by atoms with van der Waals surface area (Å²) in [6.07, 6.45) is 3.85. The largest absolute Gasteiger partial charge is 0.358 e. The van der Waals surface area contributed by atoms with E-state index in [4.69, 9.17) is 0 Å². The van der Waals surface area contributed by atoms with Gasteiger partial charge in [-0.1, -0.05) is 91.1 Å². The van der Waals surface area contributed by atoms with Gasteiger partial charge in [-0.2, -0.15) is 0 Å². The molecule has 0 aliphatic carbocycles. The van der Waals surface area contributed by atoms with Crippen molar-refractivity contribution in [3.8, 4) is 0 Å². The molecule has 0 saturated carbocycles. The summed E-state index contributed by atoms with van der Waals surface area (Å²) in [5.41, 5.74) is 14.0. The fourth-order valence-corrected chi connectivity index (χ4v) is 7.01. The molecule has 0 radical (unpaired) electrons. The molecule has 0 spiro atoms. The van der Waals surface area contributed by atoms with Crippen LogP contribution in [0, 0.1) is 6.92 Å². The third-order valence-corrected chi connectivity index (χ3v) is 8.49. The maximum Gasteiger partial charge on any atom is 0.0556 e.